The summed E-state index contributed by atoms with van der Waals surface area (Å²) in [6.45, 7) is 6.57. The summed E-state index contributed by atoms with van der Waals surface area (Å²) in [5.74, 6) is -0.550. The second kappa shape index (κ2) is 7.46. The van der Waals surface area contributed by atoms with E-state index in [9.17, 15) is 19.8 Å². The molecule has 0 radical (unpaired) electrons. The van der Waals surface area contributed by atoms with Gasteiger partial charge >= 0.3 is 5.97 Å². The molecule has 1 amide bonds. The average Bonchev–Trinajstić information content (AvgIpc) is 2.55. The van der Waals surface area contributed by atoms with Gasteiger partial charge in [-0.3, -0.25) is 4.79 Å². The maximum absolute atomic E-state index is 12.3. The minimum Gasteiger partial charge on any atom is -0.508 e. The van der Waals surface area contributed by atoms with Crippen molar-refractivity contribution >= 4 is 12.4 Å². The monoisotopic (exact) mass is 347 g/mol. The zero-order chi connectivity index (χ0) is 18.7. The molecule has 1 aliphatic rings. The zero-order valence-electron chi connectivity index (χ0n) is 15.3. The zero-order valence-corrected chi connectivity index (χ0v) is 15.3. The van der Waals surface area contributed by atoms with Crippen molar-refractivity contribution in [1.29, 1.82) is 0 Å². The summed E-state index contributed by atoms with van der Waals surface area (Å²) in [4.78, 5) is 23.5. The van der Waals surface area contributed by atoms with Crippen LogP contribution in [0.4, 0.5) is 0 Å². The minimum atomic E-state index is -1.32. The van der Waals surface area contributed by atoms with E-state index in [0.717, 1.165) is 31.2 Å². The SMILES string of the molecule is CC(C)(C)C1CCCC([C@](Cc2ccc(O)cc2)(NC=O)C(=O)O)C1. The number of phenols is 1. The number of carbonyl (C=O) groups is 2. The van der Waals surface area contributed by atoms with Crippen LogP contribution in [0, 0.1) is 17.3 Å². The molecule has 1 fully saturated rings. The maximum atomic E-state index is 12.3. The lowest BCUT2D eigenvalue weighted by Crippen LogP contribution is -2.60. The Morgan fingerprint density at radius 3 is 2.32 bits per heavy atom. The van der Waals surface area contributed by atoms with Gasteiger partial charge in [-0.2, -0.15) is 0 Å². The van der Waals surface area contributed by atoms with Crippen LogP contribution in [0.15, 0.2) is 24.3 Å². The summed E-state index contributed by atoms with van der Waals surface area (Å²) in [6, 6.07) is 6.51. The Morgan fingerprint density at radius 1 is 1.20 bits per heavy atom. The smallest absolute Gasteiger partial charge is 0.330 e. The first kappa shape index (κ1) is 19.3. The van der Waals surface area contributed by atoms with Gasteiger partial charge in [0.05, 0.1) is 0 Å². The molecule has 0 aliphatic heterocycles. The molecule has 138 valence electrons. The second-order valence-electron chi connectivity index (χ2n) is 8.31. The molecule has 3 N–H and O–H groups in total. The summed E-state index contributed by atoms with van der Waals surface area (Å²) in [7, 11) is 0. The number of amides is 1. The summed E-state index contributed by atoms with van der Waals surface area (Å²) in [6.07, 6.45) is 4.36. The molecule has 1 aromatic rings. The Bertz CT molecular complexity index is 605. The molecule has 1 aliphatic carbocycles. The largest absolute Gasteiger partial charge is 0.508 e. The lowest BCUT2D eigenvalue weighted by Gasteiger charge is -2.44. The van der Waals surface area contributed by atoms with Gasteiger partial charge in [-0.25, -0.2) is 4.79 Å². The van der Waals surface area contributed by atoms with Crippen LogP contribution in [0.5, 0.6) is 5.75 Å². The average molecular weight is 347 g/mol. The quantitative estimate of drug-likeness (QED) is 0.689. The Hall–Kier alpha value is -2.04. The van der Waals surface area contributed by atoms with E-state index >= 15 is 0 Å². The van der Waals surface area contributed by atoms with Crippen LogP contribution >= 0.6 is 0 Å². The fourth-order valence-corrected chi connectivity index (χ4v) is 4.09. The second-order valence-corrected chi connectivity index (χ2v) is 8.31. The number of aromatic hydroxyl groups is 1. The van der Waals surface area contributed by atoms with Gasteiger partial charge in [-0.05, 0) is 54.2 Å². The lowest BCUT2D eigenvalue weighted by molar-refractivity contribution is -0.150. The lowest BCUT2D eigenvalue weighted by atomic mass is 9.63. The number of carboxylic acid groups (broad SMARTS) is 1. The third kappa shape index (κ3) is 4.33. The Balaban J connectivity index is 2.35. The van der Waals surface area contributed by atoms with E-state index in [4.69, 9.17) is 0 Å². The predicted octanol–water partition coefficient (Wildman–Crippen LogP) is 3.36. The molecule has 0 aromatic heterocycles. The van der Waals surface area contributed by atoms with E-state index in [1.807, 2.05) is 0 Å². The van der Waals surface area contributed by atoms with Crippen molar-refractivity contribution in [1.82, 2.24) is 5.32 Å². The van der Waals surface area contributed by atoms with E-state index in [2.05, 4.69) is 26.1 Å². The highest BCUT2D eigenvalue weighted by Crippen LogP contribution is 2.44. The van der Waals surface area contributed by atoms with Crippen molar-refractivity contribution in [2.24, 2.45) is 17.3 Å². The highest BCUT2D eigenvalue weighted by molar-refractivity contribution is 5.82. The van der Waals surface area contributed by atoms with Crippen LogP contribution in [0.3, 0.4) is 0 Å². The summed E-state index contributed by atoms with van der Waals surface area (Å²) in [5, 5.41) is 22.2. The molecule has 0 bridgehead atoms. The molecular formula is C20H29NO4. The number of rotatable bonds is 6. The van der Waals surface area contributed by atoms with Gasteiger partial charge in [0.1, 0.15) is 11.3 Å². The highest BCUT2D eigenvalue weighted by Gasteiger charge is 2.48. The fraction of sp³-hybridized carbons (Fsp3) is 0.600. The molecule has 0 spiro atoms. The van der Waals surface area contributed by atoms with Crippen LogP contribution in [0.2, 0.25) is 0 Å². The first-order valence-corrected chi connectivity index (χ1v) is 8.91. The molecule has 0 heterocycles. The van der Waals surface area contributed by atoms with E-state index in [1.165, 1.54) is 0 Å². The van der Waals surface area contributed by atoms with Crippen molar-refractivity contribution in [2.75, 3.05) is 0 Å². The normalized spacial score (nSPS) is 23.5. The van der Waals surface area contributed by atoms with Gasteiger partial charge in [-0.15, -0.1) is 0 Å². The molecule has 5 heteroatoms. The van der Waals surface area contributed by atoms with Gasteiger partial charge in [0, 0.05) is 6.42 Å². The molecule has 2 unspecified atom stereocenters. The van der Waals surface area contributed by atoms with E-state index < -0.39 is 11.5 Å². The number of aliphatic carboxylic acids is 1. The maximum Gasteiger partial charge on any atom is 0.330 e. The van der Waals surface area contributed by atoms with E-state index in [1.54, 1.807) is 24.3 Å². The topological polar surface area (TPSA) is 86.6 Å². The van der Waals surface area contributed by atoms with Gasteiger partial charge in [0.25, 0.3) is 0 Å². The molecule has 25 heavy (non-hydrogen) atoms. The van der Waals surface area contributed by atoms with Crippen LogP contribution in [-0.2, 0) is 16.0 Å². The molecular weight excluding hydrogens is 318 g/mol. The first-order chi connectivity index (χ1) is 11.7. The number of carboxylic acids is 1. The third-order valence-electron chi connectivity index (χ3n) is 5.71. The van der Waals surface area contributed by atoms with E-state index in [0.29, 0.717) is 12.3 Å². The van der Waals surface area contributed by atoms with Crippen LogP contribution < -0.4 is 5.32 Å². The summed E-state index contributed by atoms with van der Waals surface area (Å²) < 4.78 is 0. The molecule has 3 atom stereocenters. The number of carbonyl (C=O) groups excluding carboxylic acids is 1. The van der Waals surface area contributed by atoms with Crippen molar-refractivity contribution < 1.29 is 19.8 Å². The Kier molecular flexibility index (Phi) is 5.76. The Labute approximate surface area is 149 Å². The van der Waals surface area contributed by atoms with E-state index in [-0.39, 0.29) is 23.5 Å². The van der Waals surface area contributed by atoms with Gasteiger partial charge in [0.15, 0.2) is 0 Å². The van der Waals surface area contributed by atoms with Crippen molar-refractivity contribution in [3.05, 3.63) is 29.8 Å². The standard InChI is InChI=1S/C20H29NO4/c1-19(2,3)15-5-4-6-16(11-15)20(18(24)25,21-13-22)12-14-7-9-17(23)10-8-14/h7-10,13,15-16,23H,4-6,11-12H2,1-3H3,(H,21,22)(H,24,25)/t15?,16?,20-/m0/s1. The van der Waals surface area contributed by atoms with Crippen molar-refractivity contribution in [2.45, 2.75) is 58.4 Å². The Morgan fingerprint density at radius 2 is 1.80 bits per heavy atom. The van der Waals surface area contributed by atoms with Gasteiger partial charge in [-0.1, -0.05) is 39.3 Å². The molecule has 0 saturated heterocycles. The molecule has 1 saturated carbocycles. The minimum absolute atomic E-state index is 0.114. The molecule has 5 nitrogen and oxygen atoms in total. The number of hydrogen-bond acceptors (Lipinski definition) is 3. The van der Waals surface area contributed by atoms with Crippen LogP contribution in [0.25, 0.3) is 0 Å². The fourth-order valence-electron chi connectivity index (χ4n) is 4.09. The number of benzene rings is 1. The van der Waals surface area contributed by atoms with Gasteiger partial charge in [0.2, 0.25) is 6.41 Å². The number of nitrogens with one attached hydrogen (secondary N) is 1. The summed E-state index contributed by atoms with van der Waals surface area (Å²) in [5.41, 5.74) is -0.418. The predicted molar refractivity (Wildman–Crippen MR) is 96.3 cm³/mol. The first-order valence-electron chi connectivity index (χ1n) is 8.91. The number of hydrogen-bond donors (Lipinski definition) is 3. The summed E-state index contributed by atoms with van der Waals surface area (Å²) >= 11 is 0. The van der Waals surface area contributed by atoms with Gasteiger partial charge < -0.3 is 15.5 Å². The van der Waals surface area contributed by atoms with Crippen LogP contribution in [0.1, 0.15) is 52.0 Å². The third-order valence-corrected chi connectivity index (χ3v) is 5.71. The molecule has 2 rings (SSSR count). The van der Waals surface area contributed by atoms with Crippen LogP contribution in [-0.4, -0.2) is 28.1 Å². The van der Waals surface area contributed by atoms with Crippen molar-refractivity contribution in [3.63, 3.8) is 0 Å². The molecule has 1 aromatic carbocycles. The number of phenolic OH excluding ortho intramolecular Hbond substituents is 1. The van der Waals surface area contributed by atoms with Crippen molar-refractivity contribution in [3.8, 4) is 5.75 Å². The highest BCUT2D eigenvalue weighted by atomic mass is 16.4.